The fourth-order valence-corrected chi connectivity index (χ4v) is 3.85. The molecular weight excluding hydrogens is 232 g/mol. The monoisotopic (exact) mass is 258 g/mol. The van der Waals surface area contributed by atoms with Crippen LogP contribution in [0.1, 0.15) is 26.2 Å². The minimum Gasteiger partial charge on any atom is -0.381 e. The maximum atomic E-state index is 5.46. The van der Waals surface area contributed by atoms with Gasteiger partial charge in [-0.1, -0.05) is 0 Å². The van der Waals surface area contributed by atoms with E-state index in [0.717, 1.165) is 6.04 Å². The molecule has 2 fully saturated rings. The van der Waals surface area contributed by atoms with Crippen LogP contribution >= 0.6 is 11.8 Å². The Morgan fingerprint density at radius 2 is 2.35 bits per heavy atom. The first-order chi connectivity index (χ1) is 8.29. The standard InChI is InChI=1S/C13H26N2OS/c1-11-9-13(16-2)4-7-15(11)6-3-12-10-17-8-5-14-12/h11-14H,3-10H2,1-2H3. The third-order valence-electron chi connectivity index (χ3n) is 4.06. The van der Waals surface area contributed by atoms with Crippen LogP contribution in [0.4, 0.5) is 0 Å². The predicted molar refractivity (Wildman–Crippen MR) is 74.8 cm³/mol. The number of hydrogen-bond donors (Lipinski definition) is 1. The van der Waals surface area contributed by atoms with E-state index in [0.29, 0.717) is 12.1 Å². The molecule has 17 heavy (non-hydrogen) atoms. The van der Waals surface area contributed by atoms with Crippen LogP contribution in [-0.2, 0) is 4.74 Å². The summed E-state index contributed by atoms with van der Waals surface area (Å²) in [6.07, 6.45) is 4.19. The van der Waals surface area contributed by atoms with Gasteiger partial charge in [-0.25, -0.2) is 0 Å². The summed E-state index contributed by atoms with van der Waals surface area (Å²) in [7, 11) is 1.84. The van der Waals surface area contributed by atoms with Gasteiger partial charge in [0, 0.05) is 43.8 Å². The Hall–Kier alpha value is 0.230. The van der Waals surface area contributed by atoms with Crippen molar-refractivity contribution in [3.05, 3.63) is 0 Å². The molecule has 0 aromatic heterocycles. The Labute approximate surface area is 110 Å². The summed E-state index contributed by atoms with van der Waals surface area (Å²) in [5.74, 6) is 2.58. The van der Waals surface area contributed by atoms with Gasteiger partial charge in [-0.3, -0.25) is 0 Å². The Kier molecular flexibility index (Phi) is 5.60. The number of likely N-dealkylation sites (tertiary alicyclic amines) is 1. The lowest BCUT2D eigenvalue weighted by Crippen LogP contribution is -2.46. The van der Waals surface area contributed by atoms with Crippen molar-refractivity contribution in [2.45, 2.75) is 44.4 Å². The number of nitrogens with zero attached hydrogens (tertiary/aromatic N) is 1. The number of thioether (sulfide) groups is 1. The smallest absolute Gasteiger partial charge is 0.0598 e. The summed E-state index contributed by atoms with van der Waals surface area (Å²) in [5.41, 5.74) is 0. The lowest BCUT2D eigenvalue weighted by molar-refractivity contribution is 0.0150. The Morgan fingerprint density at radius 3 is 3.00 bits per heavy atom. The number of nitrogens with one attached hydrogen (secondary N) is 1. The molecule has 3 unspecified atom stereocenters. The number of piperidine rings is 1. The van der Waals surface area contributed by atoms with Gasteiger partial charge in [0.1, 0.15) is 0 Å². The van der Waals surface area contributed by atoms with E-state index in [4.69, 9.17) is 4.74 Å². The topological polar surface area (TPSA) is 24.5 Å². The molecule has 100 valence electrons. The average Bonchev–Trinajstić information content (AvgIpc) is 2.38. The molecule has 0 aliphatic carbocycles. The minimum absolute atomic E-state index is 0.490. The second-order valence-corrected chi connectivity index (χ2v) is 6.43. The molecule has 2 saturated heterocycles. The van der Waals surface area contributed by atoms with Gasteiger partial charge in [0.15, 0.2) is 0 Å². The van der Waals surface area contributed by atoms with Crippen LogP contribution in [-0.4, -0.2) is 61.3 Å². The van der Waals surface area contributed by atoms with E-state index in [-0.39, 0.29) is 0 Å². The highest BCUT2D eigenvalue weighted by Gasteiger charge is 2.25. The zero-order chi connectivity index (χ0) is 12.1. The number of rotatable bonds is 4. The molecule has 0 saturated carbocycles. The molecule has 0 aromatic rings. The molecule has 0 amide bonds. The van der Waals surface area contributed by atoms with Crippen LogP contribution in [0, 0.1) is 0 Å². The molecule has 0 spiro atoms. The van der Waals surface area contributed by atoms with E-state index in [1.165, 1.54) is 50.4 Å². The lowest BCUT2D eigenvalue weighted by Gasteiger charge is -2.38. The summed E-state index contributed by atoms with van der Waals surface area (Å²) >= 11 is 2.09. The number of methoxy groups -OCH3 is 1. The highest BCUT2D eigenvalue weighted by molar-refractivity contribution is 7.99. The molecule has 0 radical (unpaired) electrons. The Morgan fingerprint density at radius 1 is 1.47 bits per heavy atom. The quantitative estimate of drug-likeness (QED) is 0.827. The third-order valence-corrected chi connectivity index (χ3v) is 5.19. The van der Waals surface area contributed by atoms with Crippen molar-refractivity contribution in [3.63, 3.8) is 0 Å². The van der Waals surface area contributed by atoms with E-state index in [9.17, 15) is 0 Å². The van der Waals surface area contributed by atoms with E-state index >= 15 is 0 Å². The first kappa shape index (κ1) is 13.7. The summed E-state index contributed by atoms with van der Waals surface area (Å²) in [6.45, 7) is 5.99. The summed E-state index contributed by atoms with van der Waals surface area (Å²) in [6, 6.07) is 1.42. The van der Waals surface area contributed by atoms with Crippen LogP contribution < -0.4 is 5.32 Å². The molecular formula is C13H26N2OS. The fraction of sp³-hybridized carbons (Fsp3) is 1.00. The Bertz CT molecular complexity index is 221. The van der Waals surface area contributed by atoms with Crippen LogP contribution in [0.2, 0.25) is 0 Å². The lowest BCUT2D eigenvalue weighted by atomic mass is 10.00. The summed E-state index contributed by atoms with van der Waals surface area (Å²) in [4.78, 5) is 2.64. The van der Waals surface area contributed by atoms with Crippen molar-refractivity contribution in [2.75, 3.05) is 38.2 Å². The average molecular weight is 258 g/mol. The fourth-order valence-electron chi connectivity index (χ4n) is 2.85. The molecule has 3 nitrogen and oxygen atoms in total. The van der Waals surface area contributed by atoms with Gasteiger partial charge in [-0.2, -0.15) is 11.8 Å². The molecule has 1 N–H and O–H groups in total. The van der Waals surface area contributed by atoms with Crippen LogP contribution in [0.15, 0.2) is 0 Å². The minimum atomic E-state index is 0.490. The van der Waals surface area contributed by atoms with Gasteiger partial charge in [0.05, 0.1) is 6.10 Å². The third kappa shape index (κ3) is 4.12. The second kappa shape index (κ2) is 6.98. The molecule has 0 bridgehead atoms. The van der Waals surface area contributed by atoms with Gasteiger partial charge < -0.3 is 15.0 Å². The maximum absolute atomic E-state index is 5.46. The molecule has 3 atom stereocenters. The summed E-state index contributed by atoms with van der Waals surface area (Å²) in [5, 5.41) is 3.62. The molecule has 2 rings (SSSR count). The first-order valence-corrected chi connectivity index (χ1v) is 8.03. The van der Waals surface area contributed by atoms with Crippen molar-refractivity contribution in [2.24, 2.45) is 0 Å². The van der Waals surface area contributed by atoms with Crippen LogP contribution in [0.5, 0.6) is 0 Å². The van der Waals surface area contributed by atoms with Gasteiger partial charge in [0.2, 0.25) is 0 Å². The van der Waals surface area contributed by atoms with Crippen LogP contribution in [0.25, 0.3) is 0 Å². The van der Waals surface area contributed by atoms with Gasteiger partial charge in [0.25, 0.3) is 0 Å². The van der Waals surface area contributed by atoms with Gasteiger partial charge >= 0.3 is 0 Å². The van der Waals surface area contributed by atoms with Crippen molar-refractivity contribution in [1.29, 1.82) is 0 Å². The van der Waals surface area contributed by atoms with Crippen molar-refractivity contribution in [3.8, 4) is 0 Å². The SMILES string of the molecule is COC1CCN(CCC2CSCCN2)C(C)C1. The van der Waals surface area contributed by atoms with E-state index < -0.39 is 0 Å². The zero-order valence-electron chi connectivity index (χ0n) is 11.2. The van der Waals surface area contributed by atoms with E-state index in [1.807, 2.05) is 7.11 Å². The van der Waals surface area contributed by atoms with E-state index in [1.54, 1.807) is 0 Å². The van der Waals surface area contributed by atoms with E-state index in [2.05, 4.69) is 28.9 Å². The number of ether oxygens (including phenoxy) is 1. The van der Waals surface area contributed by atoms with Crippen LogP contribution in [0.3, 0.4) is 0 Å². The van der Waals surface area contributed by atoms with Gasteiger partial charge in [-0.15, -0.1) is 0 Å². The van der Waals surface area contributed by atoms with Crippen molar-refractivity contribution >= 4 is 11.8 Å². The molecule has 0 aromatic carbocycles. The molecule has 4 heteroatoms. The molecule has 2 heterocycles. The maximum Gasteiger partial charge on any atom is 0.0598 e. The Balaban J connectivity index is 1.68. The largest absolute Gasteiger partial charge is 0.381 e. The molecule has 2 aliphatic heterocycles. The summed E-state index contributed by atoms with van der Waals surface area (Å²) < 4.78 is 5.46. The predicted octanol–water partition coefficient (Wildman–Crippen LogP) is 1.58. The zero-order valence-corrected chi connectivity index (χ0v) is 12.0. The van der Waals surface area contributed by atoms with Crippen molar-refractivity contribution in [1.82, 2.24) is 10.2 Å². The number of hydrogen-bond acceptors (Lipinski definition) is 4. The van der Waals surface area contributed by atoms with Gasteiger partial charge in [-0.05, 0) is 32.7 Å². The molecule has 2 aliphatic rings. The second-order valence-electron chi connectivity index (χ2n) is 5.28. The first-order valence-electron chi connectivity index (χ1n) is 6.87. The normalized spacial score (nSPS) is 36.0. The van der Waals surface area contributed by atoms with Crippen molar-refractivity contribution < 1.29 is 4.74 Å². The highest BCUT2D eigenvalue weighted by Crippen LogP contribution is 2.20. The highest BCUT2D eigenvalue weighted by atomic mass is 32.2.